The molecule has 1 unspecified atom stereocenters. The number of likely N-dealkylation sites (N-methyl/N-ethyl adjacent to an activating group) is 1. The highest BCUT2D eigenvalue weighted by Crippen LogP contribution is 2.28. The number of primary amides is 1. The predicted molar refractivity (Wildman–Crippen MR) is 83.9 cm³/mol. The molecule has 1 amide bonds. The minimum absolute atomic E-state index is 0.421. The lowest BCUT2D eigenvalue weighted by molar-refractivity contribution is -0.123. The summed E-state index contributed by atoms with van der Waals surface area (Å²) in [6, 6.07) is 9.45. The zero-order valence-corrected chi connectivity index (χ0v) is 12.9. The van der Waals surface area contributed by atoms with E-state index >= 15 is 0 Å². The molecule has 1 aromatic heterocycles. The average Bonchev–Trinajstić information content (AvgIpc) is 2.51. The van der Waals surface area contributed by atoms with Crippen molar-refractivity contribution in [3.63, 3.8) is 0 Å². The van der Waals surface area contributed by atoms with Crippen LogP contribution in [0.2, 0.25) is 0 Å². The first-order valence-corrected chi connectivity index (χ1v) is 7.53. The Kier molecular flexibility index (Phi) is 4.93. The summed E-state index contributed by atoms with van der Waals surface area (Å²) in [6.07, 6.45) is 3.51. The molecule has 1 heterocycles. The maximum atomic E-state index is 12.0. The number of rotatable bonds is 6. The Labute approximate surface area is 128 Å². The lowest BCUT2D eigenvalue weighted by Gasteiger charge is -2.30. The van der Waals surface area contributed by atoms with E-state index in [4.69, 9.17) is 5.73 Å². The first-order valence-electron chi connectivity index (χ1n) is 6.54. The van der Waals surface area contributed by atoms with Crippen molar-refractivity contribution < 1.29 is 4.79 Å². The van der Waals surface area contributed by atoms with E-state index in [0.29, 0.717) is 10.9 Å². The molecule has 0 aliphatic carbocycles. The number of amides is 1. The molecular weight excluding hydrogens is 284 g/mol. The predicted octanol–water partition coefficient (Wildman–Crippen LogP) is 1.48. The minimum Gasteiger partial charge on any atom is -0.368 e. The molecule has 0 spiro atoms. The third-order valence-electron chi connectivity index (χ3n) is 3.29. The minimum atomic E-state index is -0.944. The number of nitrogens with zero attached hydrogens (tertiary/aromatic N) is 2. The van der Waals surface area contributed by atoms with Gasteiger partial charge in [0, 0.05) is 18.1 Å². The molecule has 0 bridgehead atoms. The largest absolute Gasteiger partial charge is 0.368 e. The van der Waals surface area contributed by atoms with Crippen LogP contribution in [0.5, 0.6) is 0 Å². The van der Waals surface area contributed by atoms with E-state index in [9.17, 15) is 4.79 Å². The van der Waals surface area contributed by atoms with Crippen molar-refractivity contribution in [2.75, 3.05) is 12.8 Å². The second-order valence-electron chi connectivity index (χ2n) is 4.72. The van der Waals surface area contributed by atoms with Gasteiger partial charge in [-0.1, -0.05) is 42.1 Å². The van der Waals surface area contributed by atoms with Crippen molar-refractivity contribution in [2.24, 2.45) is 5.73 Å². The number of carbonyl (C=O) groups excluding carboxylic acids is 1. The van der Waals surface area contributed by atoms with E-state index in [2.05, 4.69) is 15.3 Å². The summed E-state index contributed by atoms with van der Waals surface area (Å²) in [4.78, 5) is 20.5. The Bertz CT molecular complexity index is 603. The molecule has 5 nitrogen and oxygen atoms in total. The molecule has 0 saturated carbocycles. The van der Waals surface area contributed by atoms with E-state index in [-0.39, 0.29) is 0 Å². The Morgan fingerprint density at radius 2 is 1.90 bits per heavy atom. The van der Waals surface area contributed by atoms with E-state index in [1.165, 1.54) is 11.8 Å². The third-order valence-corrected chi connectivity index (χ3v) is 4.34. The van der Waals surface area contributed by atoms with Crippen LogP contribution in [0.25, 0.3) is 0 Å². The second-order valence-corrected chi connectivity index (χ2v) is 5.66. The molecule has 2 rings (SSSR count). The molecule has 21 heavy (non-hydrogen) atoms. The van der Waals surface area contributed by atoms with Crippen LogP contribution >= 0.6 is 11.8 Å². The number of hydrogen-bond donors (Lipinski definition) is 2. The number of nitrogens with one attached hydrogen (secondary N) is 1. The Hall–Kier alpha value is -1.92. The molecule has 0 saturated heterocycles. The third kappa shape index (κ3) is 3.40. The first-order chi connectivity index (χ1) is 10.1. The highest BCUT2D eigenvalue weighted by atomic mass is 32.2. The lowest BCUT2D eigenvalue weighted by Crippen LogP contribution is -2.53. The summed E-state index contributed by atoms with van der Waals surface area (Å²) in [5, 5.41) is 3.68. The Morgan fingerprint density at radius 3 is 2.43 bits per heavy atom. The average molecular weight is 302 g/mol. The van der Waals surface area contributed by atoms with Crippen LogP contribution in [0.1, 0.15) is 11.1 Å². The number of aryl methyl sites for hydroxylation is 1. The highest BCUT2D eigenvalue weighted by molar-refractivity contribution is 7.99. The Balaban J connectivity index is 2.25. The molecule has 0 aliphatic rings. The van der Waals surface area contributed by atoms with Gasteiger partial charge in [0.1, 0.15) is 5.54 Å². The molecule has 0 fully saturated rings. The van der Waals surface area contributed by atoms with Crippen molar-refractivity contribution in [1.82, 2.24) is 15.3 Å². The van der Waals surface area contributed by atoms with Crippen LogP contribution in [-0.4, -0.2) is 28.7 Å². The van der Waals surface area contributed by atoms with Gasteiger partial charge in [-0.3, -0.25) is 4.79 Å². The zero-order chi connectivity index (χ0) is 15.3. The van der Waals surface area contributed by atoms with Crippen molar-refractivity contribution >= 4 is 17.7 Å². The summed E-state index contributed by atoms with van der Waals surface area (Å²) in [5.74, 6) is 0.00198. The molecule has 0 aliphatic heterocycles. The summed E-state index contributed by atoms with van der Waals surface area (Å²) in [6.45, 7) is 1.93. The first kappa shape index (κ1) is 15.5. The van der Waals surface area contributed by atoms with Crippen LogP contribution in [0, 0.1) is 6.92 Å². The van der Waals surface area contributed by atoms with Crippen molar-refractivity contribution in [1.29, 1.82) is 0 Å². The van der Waals surface area contributed by atoms with Gasteiger partial charge < -0.3 is 11.1 Å². The monoisotopic (exact) mass is 302 g/mol. The van der Waals surface area contributed by atoms with Gasteiger partial charge in [-0.2, -0.15) is 0 Å². The van der Waals surface area contributed by atoms with Crippen LogP contribution in [0.3, 0.4) is 0 Å². The molecule has 1 atom stereocenters. The molecule has 110 valence electrons. The van der Waals surface area contributed by atoms with Crippen LogP contribution < -0.4 is 11.1 Å². The van der Waals surface area contributed by atoms with Gasteiger partial charge in [0.15, 0.2) is 5.16 Å². The maximum Gasteiger partial charge on any atom is 0.243 e. The fraction of sp³-hybridized carbons (Fsp3) is 0.267. The normalized spacial score (nSPS) is 13.6. The number of aromatic nitrogens is 2. The number of hydrogen-bond acceptors (Lipinski definition) is 5. The zero-order valence-electron chi connectivity index (χ0n) is 12.0. The number of carbonyl (C=O) groups is 1. The van der Waals surface area contributed by atoms with Gasteiger partial charge in [-0.05, 0) is 25.1 Å². The molecular formula is C15H18N4OS. The van der Waals surface area contributed by atoms with Gasteiger partial charge in [0.05, 0.1) is 0 Å². The fourth-order valence-electron chi connectivity index (χ4n) is 1.99. The van der Waals surface area contributed by atoms with Gasteiger partial charge >= 0.3 is 0 Å². The molecule has 1 aromatic carbocycles. The van der Waals surface area contributed by atoms with Crippen molar-refractivity contribution in [3.05, 3.63) is 53.9 Å². The Morgan fingerprint density at radius 1 is 1.29 bits per heavy atom. The maximum absolute atomic E-state index is 12.0. The SMILES string of the molecule is CNC(CSc1ncc(C)cn1)(C(N)=O)c1ccccc1. The van der Waals surface area contributed by atoms with E-state index in [1.807, 2.05) is 37.3 Å². The van der Waals surface area contributed by atoms with Crippen LogP contribution in [-0.2, 0) is 10.3 Å². The lowest BCUT2D eigenvalue weighted by atomic mass is 9.91. The molecule has 0 radical (unpaired) electrons. The molecule has 3 N–H and O–H groups in total. The van der Waals surface area contributed by atoms with E-state index in [0.717, 1.165) is 11.1 Å². The van der Waals surface area contributed by atoms with Gasteiger partial charge in [0.25, 0.3) is 0 Å². The van der Waals surface area contributed by atoms with Gasteiger partial charge in [0.2, 0.25) is 5.91 Å². The summed E-state index contributed by atoms with van der Waals surface area (Å²) < 4.78 is 0. The second kappa shape index (κ2) is 6.69. The van der Waals surface area contributed by atoms with Gasteiger partial charge in [-0.15, -0.1) is 0 Å². The number of nitrogens with two attached hydrogens (primary N) is 1. The highest BCUT2D eigenvalue weighted by Gasteiger charge is 2.37. The van der Waals surface area contributed by atoms with Gasteiger partial charge in [-0.25, -0.2) is 9.97 Å². The molecule has 2 aromatic rings. The summed E-state index contributed by atoms with van der Waals surface area (Å²) >= 11 is 1.40. The quantitative estimate of drug-likeness (QED) is 0.624. The van der Waals surface area contributed by atoms with Crippen LogP contribution in [0.15, 0.2) is 47.9 Å². The summed E-state index contributed by atoms with van der Waals surface area (Å²) in [5.41, 5.74) is 6.53. The van der Waals surface area contributed by atoms with Crippen molar-refractivity contribution in [2.45, 2.75) is 17.6 Å². The smallest absolute Gasteiger partial charge is 0.243 e. The number of benzene rings is 1. The standard InChI is InChI=1S/C15H18N4OS/c1-11-8-18-14(19-9-11)21-10-15(17-2,13(16)20)12-6-4-3-5-7-12/h3-9,17H,10H2,1-2H3,(H2,16,20). The van der Waals surface area contributed by atoms with E-state index in [1.54, 1.807) is 19.4 Å². The van der Waals surface area contributed by atoms with E-state index < -0.39 is 11.4 Å². The number of thioether (sulfide) groups is 1. The summed E-state index contributed by atoms with van der Waals surface area (Å²) in [7, 11) is 1.73. The van der Waals surface area contributed by atoms with Crippen molar-refractivity contribution in [3.8, 4) is 0 Å². The topological polar surface area (TPSA) is 80.9 Å². The fourth-order valence-corrected chi connectivity index (χ4v) is 3.04. The molecule has 6 heteroatoms. The van der Waals surface area contributed by atoms with Crippen LogP contribution in [0.4, 0.5) is 0 Å².